The standard InChI is InChI=1S/C21H24N6O2S.2C2HF3O2/c1-15-23-17(13-30-15)11-25-8-5-21(6-9-25)10-18-24-27(12-16-4-2-3-7-22-16)20(29)19(28)26(18)14-21;2*3-2(4,5)1(6)7/h2-4,7,13H,5-6,8-12,14H2,1H3;2*(H,6,7). The van der Waals surface area contributed by atoms with Crippen LogP contribution in [0.4, 0.5) is 26.3 Å². The van der Waals surface area contributed by atoms with Crippen molar-refractivity contribution in [1.29, 1.82) is 0 Å². The van der Waals surface area contributed by atoms with Crippen molar-refractivity contribution in [2.24, 2.45) is 5.41 Å². The molecule has 3 aromatic heterocycles. The first-order valence-corrected chi connectivity index (χ1v) is 13.6. The van der Waals surface area contributed by atoms with Crippen LogP contribution in [0.25, 0.3) is 0 Å². The van der Waals surface area contributed by atoms with Gasteiger partial charge in [-0.3, -0.25) is 24.0 Å². The topological polar surface area (TPSA) is 161 Å². The van der Waals surface area contributed by atoms with Gasteiger partial charge in [0.2, 0.25) is 0 Å². The molecule has 5 rings (SSSR count). The van der Waals surface area contributed by atoms with Gasteiger partial charge in [0.1, 0.15) is 5.82 Å². The summed E-state index contributed by atoms with van der Waals surface area (Å²) in [5.74, 6) is -4.79. The lowest BCUT2D eigenvalue weighted by Crippen LogP contribution is -2.44. The van der Waals surface area contributed by atoms with Gasteiger partial charge in [-0.05, 0) is 50.4 Å². The summed E-state index contributed by atoms with van der Waals surface area (Å²) in [4.78, 5) is 54.4. The maximum absolute atomic E-state index is 12.8. The molecule has 3 aromatic rings. The molecule has 2 aliphatic rings. The number of carboxylic acid groups (broad SMARTS) is 2. The lowest BCUT2D eigenvalue weighted by atomic mass is 9.77. The number of likely N-dealkylation sites (tertiary alicyclic amines) is 1. The normalized spacial score (nSPS) is 15.9. The summed E-state index contributed by atoms with van der Waals surface area (Å²) in [6.07, 6.45) is -5.76. The minimum Gasteiger partial charge on any atom is -0.475 e. The molecular weight excluding hydrogens is 626 g/mol. The summed E-state index contributed by atoms with van der Waals surface area (Å²) < 4.78 is 66.4. The number of aromatic nitrogens is 5. The van der Waals surface area contributed by atoms with Gasteiger partial charge in [-0.1, -0.05) is 6.07 Å². The molecule has 1 saturated heterocycles. The molecule has 12 nitrogen and oxygen atoms in total. The predicted molar refractivity (Wildman–Crippen MR) is 141 cm³/mol. The fourth-order valence-electron chi connectivity index (χ4n) is 4.58. The van der Waals surface area contributed by atoms with Crippen LogP contribution in [-0.4, -0.2) is 76.8 Å². The second-order valence-corrected chi connectivity index (χ2v) is 11.1. The van der Waals surface area contributed by atoms with Gasteiger partial charge in [0.25, 0.3) is 0 Å². The van der Waals surface area contributed by atoms with Crippen molar-refractivity contribution in [3.05, 3.63) is 72.7 Å². The number of rotatable bonds is 4. The van der Waals surface area contributed by atoms with Crippen molar-refractivity contribution in [2.45, 2.75) is 58.2 Å². The van der Waals surface area contributed by atoms with Crippen molar-refractivity contribution >= 4 is 23.3 Å². The molecule has 0 saturated carbocycles. The first-order chi connectivity index (χ1) is 20.4. The Hall–Kier alpha value is -4.13. The van der Waals surface area contributed by atoms with Crippen molar-refractivity contribution < 1.29 is 46.1 Å². The Morgan fingerprint density at radius 1 is 0.955 bits per heavy atom. The fraction of sp³-hybridized carbons (Fsp3) is 0.480. The highest BCUT2D eigenvalue weighted by Crippen LogP contribution is 2.40. The van der Waals surface area contributed by atoms with Crippen LogP contribution in [0.1, 0.15) is 35.1 Å². The molecule has 0 unspecified atom stereocenters. The summed E-state index contributed by atoms with van der Waals surface area (Å²) in [6, 6.07) is 5.52. The number of piperidine rings is 1. The summed E-state index contributed by atoms with van der Waals surface area (Å²) >= 11 is 1.69. The zero-order chi connectivity index (χ0) is 32.9. The molecule has 44 heavy (non-hydrogen) atoms. The fourth-order valence-corrected chi connectivity index (χ4v) is 5.19. The van der Waals surface area contributed by atoms with Gasteiger partial charge >= 0.3 is 35.4 Å². The van der Waals surface area contributed by atoms with Gasteiger partial charge in [0.15, 0.2) is 0 Å². The van der Waals surface area contributed by atoms with Crippen molar-refractivity contribution in [2.75, 3.05) is 13.1 Å². The largest absolute Gasteiger partial charge is 0.490 e. The number of nitrogens with zero attached hydrogens (tertiary/aromatic N) is 6. The van der Waals surface area contributed by atoms with Gasteiger partial charge in [-0.2, -0.15) is 31.4 Å². The highest BCUT2D eigenvalue weighted by atomic mass is 32.1. The molecule has 19 heteroatoms. The SMILES string of the molecule is Cc1nc(CN2CCC3(CC2)Cc2nn(Cc4ccccn4)c(=O)c(=O)n2C3)cs1.O=C(O)C(F)(F)F.O=C(O)C(F)(F)F. The van der Waals surface area contributed by atoms with E-state index < -0.39 is 35.4 Å². The maximum Gasteiger partial charge on any atom is 0.490 e. The van der Waals surface area contributed by atoms with Crippen molar-refractivity contribution in [3.8, 4) is 0 Å². The molecule has 0 aromatic carbocycles. The number of halogens is 6. The average molecular weight is 653 g/mol. The number of aryl methyl sites for hydroxylation is 1. The van der Waals surface area contributed by atoms with E-state index in [4.69, 9.17) is 19.8 Å². The van der Waals surface area contributed by atoms with Crippen LogP contribution in [0.3, 0.4) is 0 Å². The minimum absolute atomic E-state index is 0.0181. The molecule has 1 fully saturated rings. The Bertz CT molecular complexity index is 1560. The van der Waals surface area contributed by atoms with Crippen molar-refractivity contribution in [3.63, 3.8) is 0 Å². The molecule has 0 bridgehead atoms. The third-order valence-corrected chi connectivity index (χ3v) is 7.55. The predicted octanol–water partition coefficient (Wildman–Crippen LogP) is 2.72. The van der Waals surface area contributed by atoms with E-state index in [1.807, 2.05) is 25.1 Å². The molecule has 2 N–H and O–H groups in total. The third kappa shape index (κ3) is 9.18. The number of hydrogen-bond acceptors (Lipinski definition) is 9. The Morgan fingerprint density at radius 3 is 2.02 bits per heavy atom. The first-order valence-electron chi connectivity index (χ1n) is 12.7. The van der Waals surface area contributed by atoms with Crippen molar-refractivity contribution in [1.82, 2.24) is 29.2 Å². The summed E-state index contributed by atoms with van der Waals surface area (Å²) in [7, 11) is 0. The number of carbonyl (C=O) groups is 2. The molecular formula is C25H26F6N6O6S. The molecule has 0 radical (unpaired) electrons. The summed E-state index contributed by atoms with van der Waals surface area (Å²) in [5.41, 5.74) is 0.831. The second kappa shape index (κ2) is 13.7. The Kier molecular flexibility index (Phi) is 10.7. The zero-order valence-electron chi connectivity index (χ0n) is 22.9. The van der Waals surface area contributed by atoms with Gasteiger partial charge < -0.3 is 10.2 Å². The van der Waals surface area contributed by atoms with Gasteiger partial charge in [-0.15, -0.1) is 11.3 Å². The monoisotopic (exact) mass is 652 g/mol. The van der Waals surface area contributed by atoms with Crippen LogP contribution in [0.2, 0.25) is 0 Å². The molecule has 0 atom stereocenters. The highest BCUT2D eigenvalue weighted by molar-refractivity contribution is 7.09. The number of fused-ring (bicyclic) bond motifs is 1. The quantitative estimate of drug-likeness (QED) is 0.317. The molecule has 5 heterocycles. The van der Waals surface area contributed by atoms with E-state index in [1.165, 1.54) is 4.68 Å². The van der Waals surface area contributed by atoms with Gasteiger partial charge in [-0.25, -0.2) is 19.3 Å². The Balaban J connectivity index is 0.000000317. The van der Waals surface area contributed by atoms with Gasteiger partial charge in [0, 0.05) is 31.1 Å². The van der Waals surface area contributed by atoms with E-state index in [2.05, 4.69) is 25.3 Å². The maximum atomic E-state index is 12.8. The Labute approximate surface area is 248 Å². The highest BCUT2D eigenvalue weighted by Gasteiger charge is 2.42. The number of hydrogen-bond donors (Lipinski definition) is 2. The molecule has 1 spiro atoms. The molecule has 240 valence electrons. The number of carboxylic acids is 2. The van der Waals surface area contributed by atoms with Gasteiger partial charge in [0.05, 0.1) is 22.9 Å². The zero-order valence-corrected chi connectivity index (χ0v) is 23.7. The number of pyridine rings is 1. The lowest BCUT2D eigenvalue weighted by molar-refractivity contribution is -0.193. The molecule has 0 aliphatic carbocycles. The Morgan fingerprint density at radius 2 is 1.55 bits per heavy atom. The molecule has 2 aliphatic heterocycles. The van der Waals surface area contributed by atoms with E-state index >= 15 is 0 Å². The van der Waals surface area contributed by atoms with E-state index in [1.54, 1.807) is 22.1 Å². The summed E-state index contributed by atoms with van der Waals surface area (Å²) in [6.45, 7) is 5.66. The minimum atomic E-state index is -5.08. The lowest BCUT2D eigenvalue weighted by Gasteiger charge is -2.38. The van der Waals surface area contributed by atoms with Crippen LogP contribution < -0.4 is 11.1 Å². The van der Waals surface area contributed by atoms with E-state index in [0.717, 1.165) is 61.1 Å². The van der Waals surface area contributed by atoms with Crippen LogP contribution >= 0.6 is 11.3 Å². The second-order valence-electron chi connectivity index (χ2n) is 10.0. The van der Waals surface area contributed by atoms with Crippen LogP contribution in [0.5, 0.6) is 0 Å². The summed E-state index contributed by atoms with van der Waals surface area (Å²) in [5, 5.41) is 22.0. The molecule has 0 amide bonds. The smallest absolute Gasteiger partial charge is 0.475 e. The van der Waals surface area contributed by atoms with E-state index in [-0.39, 0.29) is 12.0 Å². The van der Waals surface area contributed by atoms with E-state index in [9.17, 15) is 35.9 Å². The number of thiazole rings is 1. The number of alkyl halides is 6. The first kappa shape index (κ1) is 34.4. The third-order valence-electron chi connectivity index (χ3n) is 6.73. The van der Waals surface area contributed by atoms with E-state index in [0.29, 0.717) is 6.54 Å². The average Bonchev–Trinajstić information content (AvgIpc) is 3.51. The van der Waals surface area contributed by atoms with Crippen LogP contribution in [0, 0.1) is 12.3 Å². The number of aliphatic carboxylic acids is 2. The van der Waals surface area contributed by atoms with Crippen LogP contribution in [-0.2, 0) is 35.6 Å². The van der Waals surface area contributed by atoms with Crippen LogP contribution in [0.15, 0.2) is 39.4 Å².